The van der Waals surface area contributed by atoms with Crippen LogP contribution >= 0.6 is 0 Å². The van der Waals surface area contributed by atoms with Gasteiger partial charge in [-0.3, -0.25) is 0 Å². The van der Waals surface area contributed by atoms with E-state index in [0.29, 0.717) is 18.3 Å². The Morgan fingerprint density at radius 3 is 2.72 bits per heavy atom. The number of hydrazine groups is 1. The van der Waals surface area contributed by atoms with Crippen molar-refractivity contribution in [3.8, 4) is 5.88 Å². The number of anilines is 1. The highest BCUT2D eigenvalue weighted by atomic mass is 16.5. The number of nitrogens with one attached hydrogen (secondary N) is 1. The molecule has 1 heterocycles. The number of benzene rings is 1. The number of hydrogen-bond acceptors (Lipinski definition) is 4. The minimum Gasteiger partial charge on any atom is -0.473 e. The average molecular weight is 241 g/mol. The lowest BCUT2D eigenvalue weighted by molar-refractivity contribution is 0.349. The highest BCUT2D eigenvalue weighted by Gasteiger charge is 1.95. The highest BCUT2D eigenvalue weighted by Crippen LogP contribution is 2.10. The first kappa shape index (κ1) is 12.1. The van der Waals surface area contributed by atoms with Gasteiger partial charge in [-0.2, -0.15) is 4.98 Å². The van der Waals surface area contributed by atoms with Crippen molar-refractivity contribution in [2.45, 2.75) is 0 Å². The number of aromatic nitrogens is 1. The Labute approximate surface area is 106 Å². The largest absolute Gasteiger partial charge is 0.473 e. The molecule has 0 aliphatic rings. The molecule has 1 aromatic heterocycles. The predicted octanol–water partition coefficient (Wildman–Crippen LogP) is 2.46. The Hall–Kier alpha value is -2.33. The van der Waals surface area contributed by atoms with Crippen LogP contribution in [0, 0.1) is 0 Å². The molecule has 0 fully saturated rings. The van der Waals surface area contributed by atoms with Crippen LogP contribution in [0.1, 0.15) is 5.56 Å². The lowest BCUT2D eigenvalue weighted by Crippen LogP contribution is -2.08. The summed E-state index contributed by atoms with van der Waals surface area (Å²) >= 11 is 0. The highest BCUT2D eigenvalue weighted by molar-refractivity contribution is 5.48. The SMILES string of the molecule is NNc1cccc(OC/C=C/c2ccccc2)n1. The molecule has 0 saturated heterocycles. The van der Waals surface area contributed by atoms with Crippen LogP contribution in [-0.2, 0) is 0 Å². The van der Waals surface area contributed by atoms with Gasteiger partial charge < -0.3 is 10.2 Å². The zero-order chi connectivity index (χ0) is 12.6. The van der Waals surface area contributed by atoms with Crippen molar-refractivity contribution in [2.24, 2.45) is 5.84 Å². The third-order valence-electron chi connectivity index (χ3n) is 2.31. The van der Waals surface area contributed by atoms with Gasteiger partial charge in [-0.15, -0.1) is 0 Å². The Morgan fingerprint density at radius 2 is 1.94 bits per heavy atom. The summed E-state index contributed by atoms with van der Waals surface area (Å²) in [6.45, 7) is 0.468. The van der Waals surface area contributed by atoms with Gasteiger partial charge in [-0.25, -0.2) is 5.84 Å². The molecule has 3 N–H and O–H groups in total. The van der Waals surface area contributed by atoms with E-state index < -0.39 is 0 Å². The molecule has 0 spiro atoms. The first-order valence-electron chi connectivity index (χ1n) is 5.66. The fourth-order valence-electron chi connectivity index (χ4n) is 1.46. The van der Waals surface area contributed by atoms with Gasteiger partial charge in [0.25, 0.3) is 0 Å². The minimum absolute atomic E-state index is 0.468. The van der Waals surface area contributed by atoms with Gasteiger partial charge in [0.15, 0.2) is 0 Å². The summed E-state index contributed by atoms with van der Waals surface area (Å²) in [5, 5.41) is 0. The number of rotatable bonds is 5. The first-order valence-corrected chi connectivity index (χ1v) is 5.66. The summed E-state index contributed by atoms with van der Waals surface area (Å²) in [7, 11) is 0. The van der Waals surface area contributed by atoms with E-state index in [-0.39, 0.29) is 0 Å². The topological polar surface area (TPSA) is 60.2 Å². The molecule has 0 saturated carbocycles. The van der Waals surface area contributed by atoms with Crippen molar-refractivity contribution in [1.82, 2.24) is 4.98 Å². The van der Waals surface area contributed by atoms with Gasteiger partial charge in [0.1, 0.15) is 12.4 Å². The molecule has 0 radical (unpaired) electrons. The second-order valence-electron chi connectivity index (χ2n) is 3.63. The molecule has 2 rings (SSSR count). The Balaban J connectivity index is 1.86. The van der Waals surface area contributed by atoms with E-state index in [9.17, 15) is 0 Å². The molecule has 2 aromatic rings. The standard InChI is InChI=1S/C14H15N3O/c15-17-13-9-4-10-14(16-13)18-11-5-8-12-6-2-1-3-7-12/h1-10H,11,15H2,(H,16,17)/b8-5+. The van der Waals surface area contributed by atoms with E-state index in [1.165, 1.54) is 0 Å². The van der Waals surface area contributed by atoms with Gasteiger partial charge in [0.2, 0.25) is 5.88 Å². The maximum Gasteiger partial charge on any atom is 0.215 e. The van der Waals surface area contributed by atoms with E-state index in [0.717, 1.165) is 5.56 Å². The molecule has 0 amide bonds. The molecule has 0 bridgehead atoms. The van der Waals surface area contributed by atoms with Crippen LogP contribution in [0.15, 0.2) is 54.6 Å². The quantitative estimate of drug-likeness (QED) is 0.623. The normalized spacial score (nSPS) is 10.5. The second kappa shape index (κ2) is 6.42. The maximum atomic E-state index is 5.48. The molecule has 1 aromatic carbocycles. The third kappa shape index (κ3) is 3.61. The summed E-state index contributed by atoms with van der Waals surface area (Å²) in [5.41, 5.74) is 3.62. The van der Waals surface area contributed by atoms with E-state index in [1.54, 1.807) is 12.1 Å². The van der Waals surface area contributed by atoms with Crippen LogP contribution < -0.4 is 16.0 Å². The fraction of sp³-hybridized carbons (Fsp3) is 0.0714. The zero-order valence-corrected chi connectivity index (χ0v) is 9.91. The van der Waals surface area contributed by atoms with Crippen molar-refractivity contribution in [1.29, 1.82) is 0 Å². The molecule has 18 heavy (non-hydrogen) atoms. The summed E-state index contributed by atoms with van der Waals surface area (Å²) in [4.78, 5) is 4.14. The maximum absolute atomic E-state index is 5.48. The van der Waals surface area contributed by atoms with Gasteiger partial charge in [0, 0.05) is 6.07 Å². The van der Waals surface area contributed by atoms with Crippen LogP contribution in [-0.4, -0.2) is 11.6 Å². The smallest absolute Gasteiger partial charge is 0.215 e. The fourth-order valence-corrected chi connectivity index (χ4v) is 1.46. The number of nitrogen functional groups attached to an aromatic ring is 1. The number of nitrogens with zero attached hydrogens (tertiary/aromatic N) is 1. The summed E-state index contributed by atoms with van der Waals surface area (Å²) in [6, 6.07) is 15.4. The van der Waals surface area contributed by atoms with Gasteiger partial charge >= 0.3 is 0 Å². The molecular weight excluding hydrogens is 226 g/mol. The van der Waals surface area contributed by atoms with Crippen molar-refractivity contribution in [2.75, 3.05) is 12.0 Å². The zero-order valence-electron chi connectivity index (χ0n) is 9.91. The van der Waals surface area contributed by atoms with Crippen molar-refractivity contribution in [3.63, 3.8) is 0 Å². The molecule has 0 aliphatic heterocycles. The molecular formula is C14H15N3O. The van der Waals surface area contributed by atoms with Crippen molar-refractivity contribution < 1.29 is 4.74 Å². The first-order chi connectivity index (χ1) is 8.88. The summed E-state index contributed by atoms with van der Waals surface area (Å²) in [5.74, 6) is 6.40. The molecule has 0 aliphatic carbocycles. The van der Waals surface area contributed by atoms with E-state index in [4.69, 9.17) is 10.6 Å². The van der Waals surface area contributed by atoms with E-state index in [1.807, 2.05) is 48.6 Å². The number of pyridine rings is 1. The average Bonchev–Trinajstić information content (AvgIpc) is 2.45. The Bertz CT molecular complexity index is 511. The molecule has 4 nitrogen and oxygen atoms in total. The molecule has 92 valence electrons. The van der Waals surface area contributed by atoms with E-state index in [2.05, 4.69) is 10.4 Å². The third-order valence-corrected chi connectivity index (χ3v) is 2.31. The lowest BCUT2D eigenvalue weighted by atomic mass is 10.2. The van der Waals surface area contributed by atoms with Crippen LogP contribution in [0.5, 0.6) is 5.88 Å². The summed E-state index contributed by atoms with van der Waals surface area (Å²) < 4.78 is 5.48. The summed E-state index contributed by atoms with van der Waals surface area (Å²) in [6.07, 6.45) is 3.95. The minimum atomic E-state index is 0.468. The van der Waals surface area contributed by atoms with Gasteiger partial charge in [0.05, 0.1) is 0 Å². The van der Waals surface area contributed by atoms with Crippen LogP contribution in [0.4, 0.5) is 5.82 Å². The van der Waals surface area contributed by atoms with Crippen LogP contribution in [0.25, 0.3) is 6.08 Å². The predicted molar refractivity (Wildman–Crippen MR) is 73.0 cm³/mol. The van der Waals surface area contributed by atoms with Crippen LogP contribution in [0.2, 0.25) is 0 Å². The lowest BCUT2D eigenvalue weighted by Gasteiger charge is -2.04. The van der Waals surface area contributed by atoms with Crippen molar-refractivity contribution in [3.05, 3.63) is 60.2 Å². The number of ether oxygens (including phenoxy) is 1. The number of hydrogen-bond donors (Lipinski definition) is 2. The second-order valence-corrected chi connectivity index (χ2v) is 3.63. The van der Waals surface area contributed by atoms with Crippen LogP contribution in [0.3, 0.4) is 0 Å². The van der Waals surface area contributed by atoms with Gasteiger partial charge in [-0.1, -0.05) is 42.5 Å². The monoisotopic (exact) mass is 241 g/mol. The Morgan fingerprint density at radius 1 is 1.11 bits per heavy atom. The molecule has 0 unspecified atom stereocenters. The van der Waals surface area contributed by atoms with E-state index >= 15 is 0 Å². The van der Waals surface area contributed by atoms with Crippen molar-refractivity contribution >= 4 is 11.9 Å². The Kier molecular flexibility index (Phi) is 4.33. The van der Waals surface area contributed by atoms with Gasteiger partial charge in [-0.05, 0) is 17.7 Å². The molecule has 4 heteroatoms. The number of nitrogens with two attached hydrogens (primary N) is 1. The molecule has 0 atom stereocenters.